The summed E-state index contributed by atoms with van der Waals surface area (Å²) in [5.74, 6) is -1.83. The Balaban J connectivity index is 1.50. The highest BCUT2D eigenvalue weighted by atomic mass is 19.1. The molecule has 2 N–H and O–H groups in total. The van der Waals surface area contributed by atoms with Gasteiger partial charge < -0.3 is 15.5 Å². The van der Waals surface area contributed by atoms with Crippen LogP contribution in [0.5, 0.6) is 0 Å². The number of urea groups is 1. The molecule has 9 heteroatoms. The Hall–Kier alpha value is -2.55. The van der Waals surface area contributed by atoms with Gasteiger partial charge >= 0.3 is 6.03 Å². The van der Waals surface area contributed by atoms with Crippen molar-refractivity contribution < 1.29 is 23.2 Å². The zero-order valence-corrected chi connectivity index (χ0v) is 17.3. The minimum Gasteiger partial charge on any atom is -0.354 e. The lowest BCUT2D eigenvalue weighted by Crippen LogP contribution is -2.44. The first-order valence-corrected chi connectivity index (χ1v) is 10.3. The first-order valence-electron chi connectivity index (χ1n) is 10.3. The number of hydrogen-bond acceptors (Lipinski definition) is 4. The molecule has 0 radical (unpaired) electrons. The molecule has 1 aliphatic carbocycles. The quantitative estimate of drug-likeness (QED) is 0.630. The number of rotatable bonds is 8. The molecule has 7 nitrogen and oxygen atoms in total. The fourth-order valence-electron chi connectivity index (χ4n) is 4.27. The van der Waals surface area contributed by atoms with E-state index in [1.807, 2.05) is 0 Å². The van der Waals surface area contributed by atoms with E-state index in [1.165, 1.54) is 23.1 Å². The van der Waals surface area contributed by atoms with Crippen LogP contribution >= 0.6 is 0 Å². The SMILES string of the molecule is CN(C)C(CNC(=O)CCCN1C(=O)NC2(CCCC2)C1=O)c1c(F)cccc1F. The maximum absolute atomic E-state index is 14.1. The molecule has 1 heterocycles. The molecule has 1 saturated heterocycles. The van der Waals surface area contributed by atoms with E-state index >= 15 is 0 Å². The molecule has 1 unspecified atom stereocenters. The van der Waals surface area contributed by atoms with Gasteiger partial charge in [-0.05, 0) is 45.5 Å². The summed E-state index contributed by atoms with van der Waals surface area (Å²) in [5, 5.41) is 5.50. The molecule has 1 aromatic rings. The molecule has 2 aliphatic rings. The topological polar surface area (TPSA) is 81.8 Å². The van der Waals surface area contributed by atoms with Gasteiger partial charge in [0.05, 0.1) is 6.04 Å². The summed E-state index contributed by atoms with van der Waals surface area (Å²) < 4.78 is 28.2. The average Bonchev–Trinajstić information content (AvgIpc) is 3.24. The zero-order chi connectivity index (χ0) is 21.9. The highest BCUT2D eigenvalue weighted by Gasteiger charge is 2.52. The Morgan fingerprint density at radius 2 is 1.87 bits per heavy atom. The Kier molecular flexibility index (Phi) is 6.70. The van der Waals surface area contributed by atoms with Crippen LogP contribution < -0.4 is 10.6 Å². The summed E-state index contributed by atoms with van der Waals surface area (Å²) in [4.78, 5) is 39.8. The molecule has 3 rings (SSSR count). The molecule has 164 valence electrons. The van der Waals surface area contributed by atoms with Crippen molar-refractivity contribution >= 4 is 17.8 Å². The monoisotopic (exact) mass is 422 g/mol. The number of amides is 4. The van der Waals surface area contributed by atoms with Crippen LogP contribution in [0.4, 0.5) is 13.6 Å². The molecule has 1 atom stereocenters. The summed E-state index contributed by atoms with van der Waals surface area (Å²) >= 11 is 0. The number of benzene rings is 1. The number of carbonyl (C=O) groups excluding carboxylic acids is 3. The number of likely N-dealkylation sites (N-methyl/N-ethyl adjacent to an activating group) is 1. The Morgan fingerprint density at radius 3 is 2.47 bits per heavy atom. The van der Waals surface area contributed by atoms with Crippen molar-refractivity contribution in [1.82, 2.24) is 20.4 Å². The van der Waals surface area contributed by atoms with Crippen LogP contribution in [0.15, 0.2) is 18.2 Å². The normalized spacial score (nSPS) is 18.9. The van der Waals surface area contributed by atoms with Gasteiger partial charge in [0.15, 0.2) is 0 Å². The fraction of sp³-hybridized carbons (Fsp3) is 0.571. The minimum absolute atomic E-state index is 0.0376. The molecule has 1 saturated carbocycles. The second-order valence-electron chi connectivity index (χ2n) is 8.20. The maximum Gasteiger partial charge on any atom is 0.325 e. The highest BCUT2D eigenvalue weighted by Crippen LogP contribution is 2.35. The van der Waals surface area contributed by atoms with Gasteiger partial charge in [-0.15, -0.1) is 0 Å². The van der Waals surface area contributed by atoms with Gasteiger partial charge in [0.1, 0.15) is 17.2 Å². The molecule has 0 bridgehead atoms. The second-order valence-corrected chi connectivity index (χ2v) is 8.20. The third kappa shape index (κ3) is 4.45. The summed E-state index contributed by atoms with van der Waals surface area (Å²) in [7, 11) is 3.36. The van der Waals surface area contributed by atoms with Crippen LogP contribution in [-0.2, 0) is 9.59 Å². The van der Waals surface area contributed by atoms with Gasteiger partial charge in [-0.3, -0.25) is 14.5 Å². The Bertz CT molecular complexity index is 804. The first-order chi connectivity index (χ1) is 14.2. The molecule has 2 fully saturated rings. The lowest BCUT2D eigenvalue weighted by Gasteiger charge is -2.26. The average molecular weight is 422 g/mol. The third-order valence-electron chi connectivity index (χ3n) is 5.94. The van der Waals surface area contributed by atoms with E-state index in [-0.39, 0.29) is 36.9 Å². The van der Waals surface area contributed by atoms with Crippen molar-refractivity contribution in [2.45, 2.75) is 50.1 Å². The number of imide groups is 1. The van der Waals surface area contributed by atoms with Crippen LogP contribution in [0.3, 0.4) is 0 Å². The highest BCUT2D eigenvalue weighted by molar-refractivity contribution is 6.07. The number of nitrogens with zero attached hydrogens (tertiary/aromatic N) is 2. The van der Waals surface area contributed by atoms with Gasteiger partial charge in [0.2, 0.25) is 5.91 Å². The summed E-state index contributed by atoms with van der Waals surface area (Å²) in [6.07, 6.45) is 3.57. The predicted molar refractivity (Wildman–Crippen MR) is 106 cm³/mol. The molecular formula is C21H28F2N4O3. The minimum atomic E-state index is -0.748. The lowest BCUT2D eigenvalue weighted by molar-refractivity contribution is -0.131. The van der Waals surface area contributed by atoms with Gasteiger partial charge in [-0.1, -0.05) is 18.9 Å². The number of nitrogens with one attached hydrogen (secondary N) is 2. The second kappa shape index (κ2) is 9.07. The van der Waals surface area contributed by atoms with Crippen molar-refractivity contribution in [3.05, 3.63) is 35.4 Å². The van der Waals surface area contributed by atoms with Crippen molar-refractivity contribution in [2.24, 2.45) is 0 Å². The molecule has 4 amide bonds. The molecule has 1 aromatic carbocycles. The standard InChI is InChI=1S/C21H28F2N4O3/c1-26(2)16(18-14(22)7-5-8-15(18)23)13-24-17(28)9-6-12-27-19(29)21(25-20(27)30)10-3-4-11-21/h5,7-8,16H,3-4,6,9-13H2,1-2H3,(H,24,28)(H,25,30). The summed E-state index contributed by atoms with van der Waals surface area (Å²) in [5.41, 5.74) is -0.841. The summed E-state index contributed by atoms with van der Waals surface area (Å²) in [6.45, 7) is 0.203. The van der Waals surface area contributed by atoms with Gasteiger partial charge in [0.25, 0.3) is 5.91 Å². The van der Waals surface area contributed by atoms with Crippen LogP contribution in [0.1, 0.15) is 50.1 Å². The Labute approximate surface area is 174 Å². The van der Waals surface area contributed by atoms with Crippen LogP contribution in [0.2, 0.25) is 0 Å². The van der Waals surface area contributed by atoms with Crippen molar-refractivity contribution in [1.29, 1.82) is 0 Å². The lowest BCUT2D eigenvalue weighted by atomic mass is 9.98. The maximum atomic E-state index is 14.1. The van der Waals surface area contributed by atoms with E-state index < -0.39 is 29.2 Å². The molecule has 0 aromatic heterocycles. The largest absolute Gasteiger partial charge is 0.354 e. The molecule has 1 spiro atoms. The van der Waals surface area contributed by atoms with Crippen molar-refractivity contribution in [3.63, 3.8) is 0 Å². The third-order valence-corrected chi connectivity index (χ3v) is 5.94. The van der Waals surface area contributed by atoms with Gasteiger partial charge in [-0.2, -0.15) is 0 Å². The fourth-order valence-corrected chi connectivity index (χ4v) is 4.27. The molecule has 30 heavy (non-hydrogen) atoms. The Morgan fingerprint density at radius 1 is 1.23 bits per heavy atom. The van der Waals surface area contributed by atoms with E-state index in [9.17, 15) is 23.2 Å². The molecule has 1 aliphatic heterocycles. The van der Waals surface area contributed by atoms with Crippen LogP contribution in [0.25, 0.3) is 0 Å². The zero-order valence-electron chi connectivity index (χ0n) is 17.3. The van der Waals surface area contributed by atoms with E-state index in [0.29, 0.717) is 19.3 Å². The van der Waals surface area contributed by atoms with Crippen molar-refractivity contribution in [2.75, 3.05) is 27.2 Å². The van der Waals surface area contributed by atoms with Gasteiger partial charge in [0, 0.05) is 25.1 Å². The summed E-state index contributed by atoms with van der Waals surface area (Å²) in [6, 6.07) is 2.61. The number of halogens is 2. The van der Waals surface area contributed by atoms with Gasteiger partial charge in [-0.25, -0.2) is 13.6 Å². The number of carbonyl (C=O) groups is 3. The smallest absolute Gasteiger partial charge is 0.325 e. The van der Waals surface area contributed by atoms with E-state index in [1.54, 1.807) is 19.0 Å². The first kappa shape index (κ1) is 22.1. The number of hydrogen-bond donors (Lipinski definition) is 2. The van der Waals surface area contributed by atoms with Crippen molar-refractivity contribution in [3.8, 4) is 0 Å². The van der Waals surface area contributed by atoms with E-state index in [4.69, 9.17) is 0 Å². The van der Waals surface area contributed by atoms with E-state index in [0.717, 1.165) is 12.8 Å². The molecular weight excluding hydrogens is 394 g/mol. The predicted octanol–water partition coefficient (Wildman–Crippen LogP) is 2.33. The van der Waals surface area contributed by atoms with E-state index in [2.05, 4.69) is 10.6 Å². The van der Waals surface area contributed by atoms with Crippen LogP contribution in [-0.4, -0.2) is 60.4 Å². The van der Waals surface area contributed by atoms with Crippen LogP contribution in [0, 0.1) is 11.6 Å².